The third-order valence-electron chi connectivity index (χ3n) is 4.43. The van der Waals surface area contributed by atoms with Crippen molar-refractivity contribution in [2.75, 3.05) is 0 Å². The number of rotatable bonds is 6. The monoisotopic (exact) mass is 296 g/mol. The smallest absolute Gasteiger partial charge is 0.407 e. The van der Waals surface area contributed by atoms with Crippen molar-refractivity contribution in [3.05, 3.63) is 0 Å². The van der Waals surface area contributed by atoms with Gasteiger partial charge in [0, 0.05) is 18.1 Å². The molecule has 2 rings (SSSR count). The Kier molecular flexibility index (Phi) is 5.53. The van der Waals surface area contributed by atoms with Gasteiger partial charge in [0.25, 0.3) is 0 Å². The third-order valence-corrected chi connectivity index (χ3v) is 4.43. The molecular weight excluding hydrogens is 264 g/mol. The molecule has 2 aliphatic rings. The summed E-state index contributed by atoms with van der Waals surface area (Å²) in [6.45, 7) is 7.96. The van der Waals surface area contributed by atoms with E-state index in [2.05, 4.69) is 17.6 Å². The highest BCUT2D eigenvalue weighted by Crippen LogP contribution is 2.34. The van der Waals surface area contributed by atoms with Crippen molar-refractivity contribution in [3.63, 3.8) is 0 Å². The van der Waals surface area contributed by atoms with Gasteiger partial charge in [-0.2, -0.15) is 0 Å². The van der Waals surface area contributed by atoms with E-state index in [1.807, 2.05) is 20.8 Å². The highest BCUT2D eigenvalue weighted by atomic mass is 16.6. The summed E-state index contributed by atoms with van der Waals surface area (Å²) >= 11 is 0. The Labute approximate surface area is 129 Å². The number of alkyl carbamates (subject to hydrolysis) is 1. The molecule has 0 bridgehead atoms. The number of nitrogens with one attached hydrogen (secondary N) is 2. The average Bonchev–Trinajstić information content (AvgIpc) is 3.06. The second-order valence-electron chi connectivity index (χ2n) is 7.80. The Balaban J connectivity index is 1.68. The Morgan fingerprint density at radius 1 is 1.19 bits per heavy atom. The summed E-state index contributed by atoms with van der Waals surface area (Å²) in [5.74, 6) is 0.972. The highest BCUT2D eigenvalue weighted by Gasteiger charge is 2.30. The van der Waals surface area contributed by atoms with Gasteiger partial charge in [-0.05, 0) is 58.8 Å². The van der Waals surface area contributed by atoms with Gasteiger partial charge in [-0.15, -0.1) is 0 Å². The van der Waals surface area contributed by atoms with Gasteiger partial charge in [-0.3, -0.25) is 0 Å². The van der Waals surface area contributed by atoms with Crippen LogP contribution in [0.1, 0.15) is 72.6 Å². The summed E-state index contributed by atoms with van der Waals surface area (Å²) in [5, 5.41) is 6.80. The van der Waals surface area contributed by atoms with Gasteiger partial charge in [-0.25, -0.2) is 4.79 Å². The molecule has 2 saturated carbocycles. The molecule has 2 N–H and O–H groups in total. The van der Waals surface area contributed by atoms with Crippen molar-refractivity contribution < 1.29 is 9.53 Å². The molecule has 0 aromatic rings. The van der Waals surface area contributed by atoms with Gasteiger partial charge in [0.15, 0.2) is 0 Å². The maximum absolute atomic E-state index is 11.8. The standard InChI is InChI=1S/C17H32N2O2/c1-5-13(10-12-6-7-12)18-14-8-9-15(11-14)19-16(20)21-17(2,3)4/h12-15,18H,5-11H2,1-4H3,(H,19,20). The van der Waals surface area contributed by atoms with E-state index in [9.17, 15) is 4.79 Å². The molecule has 2 aliphatic carbocycles. The van der Waals surface area contributed by atoms with E-state index in [1.165, 1.54) is 25.7 Å². The Bertz CT molecular complexity index is 347. The van der Waals surface area contributed by atoms with E-state index in [0.717, 1.165) is 25.2 Å². The Hall–Kier alpha value is -0.770. The summed E-state index contributed by atoms with van der Waals surface area (Å²) < 4.78 is 5.33. The molecule has 0 heterocycles. The van der Waals surface area contributed by atoms with Crippen LogP contribution in [0, 0.1) is 5.92 Å². The molecule has 0 spiro atoms. The Morgan fingerprint density at radius 2 is 1.86 bits per heavy atom. The number of ether oxygens (including phenoxy) is 1. The van der Waals surface area contributed by atoms with Crippen molar-refractivity contribution >= 4 is 6.09 Å². The molecular formula is C17H32N2O2. The Morgan fingerprint density at radius 3 is 2.43 bits per heavy atom. The van der Waals surface area contributed by atoms with Crippen LogP contribution in [0.25, 0.3) is 0 Å². The molecule has 0 saturated heterocycles. The molecule has 4 nitrogen and oxygen atoms in total. The van der Waals surface area contributed by atoms with Crippen molar-refractivity contribution in [1.29, 1.82) is 0 Å². The van der Waals surface area contributed by atoms with Crippen LogP contribution in [-0.4, -0.2) is 29.8 Å². The highest BCUT2D eigenvalue weighted by molar-refractivity contribution is 5.68. The number of hydrogen-bond acceptors (Lipinski definition) is 3. The van der Waals surface area contributed by atoms with Crippen LogP contribution in [0.5, 0.6) is 0 Å². The zero-order valence-corrected chi connectivity index (χ0v) is 14.1. The topological polar surface area (TPSA) is 50.4 Å². The summed E-state index contributed by atoms with van der Waals surface area (Å²) in [6, 6.07) is 1.46. The zero-order valence-electron chi connectivity index (χ0n) is 14.1. The number of carbonyl (C=O) groups excluding carboxylic acids is 1. The number of hydrogen-bond donors (Lipinski definition) is 2. The van der Waals surface area contributed by atoms with Gasteiger partial charge in [0.05, 0.1) is 0 Å². The first kappa shape index (κ1) is 16.6. The first-order valence-corrected chi connectivity index (χ1v) is 8.61. The number of amides is 1. The normalized spacial score (nSPS) is 27.4. The summed E-state index contributed by atoms with van der Waals surface area (Å²) in [5.41, 5.74) is -0.419. The van der Waals surface area contributed by atoms with Gasteiger partial charge in [0.2, 0.25) is 0 Å². The van der Waals surface area contributed by atoms with E-state index >= 15 is 0 Å². The molecule has 3 unspecified atom stereocenters. The first-order valence-electron chi connectivity index (χ1n) is 8.61. The van der Waals surface area contributed by atoms with Crippen molar-refractivity contribution in [3.8, 4) is 0 Å². The maximum atomic E-state index is 11.8. The predicted molar refractivity (Wildman–Crippen MR) is 85.4 cm³/mol. The fourth-order valence-corrected chi connectivity index (χ4v) is 3.18. The minimum absolute atomic E-state index is 0.260. The van der Waals surface area contributed by atoms with E-state index in [-0.39, 0.29) is 12.1 Å². The molecule has 4 heteroatoms. The fourth-order valence-electron chi connectivity index (χ4n) is 3.18. The maximum Gasteiger partial charge on any atom is 0.407 e. The lowest BCUT2D eigenvalue weighted by atomic mass is 10.1. The largest absolute Gasteiger partial charge is 0.444 e. The third kappa shape index (κ3) is 6.25. The molecule has 3 atom stereocenters. The lowest BCUT2D eigenvalue weighted by molar-refractivity contribution is 0.0505. The average molecular weight is 296 g/mol. The first-order chi connectivity index (χ1) is 9.85. The summed E-state index contributed by atoms with van der Waals surface area (Å²) in [7, 11) is 0. The van der Waals surface area contributed by atoms with Gasteiger partial charge in [-0.1, -0.05) is 19.8 Å². The second kappa shape index (κ2) is 6.99. The van der Waals surface area contributed by atoms with E-state index < -0.39 is 5.60 Å². The van der Waals surface area contributed by atoms with Crippen LogP contribution >= 0.6 is 0 Å². The lowest BCUT2D eigenvalue weighted by Crippen LogP contribution is -2.40. The van der Waals surface area contributed by atoms with Crippen molar-refractivity contribution in [2.24, 2.45) is 5.92 Å². The molecule has 2 fully saturated rings. The van der Waals surface area contributed by atoms with Crippen molar-refractivity contribution in [2.45, 2.75) is 96.4 Å². The predicted octanol–water partition coefficient (Wildman–Crippen LogP) is 3.60. The molecule has 0 aromatic carbocycles. The van der Waals surface area contributed by atoms with Crippen LogP contribution in [0.2, 0.25) is 0 Å². The molecule has 0 aliphatic heterocycles. The quantitative estimate of drug-likeness (QED) is 0.787. The molecule has 21 heavy (non-hydrogen) atoms. The summed E-state index contributed by atoms with van der Waals surface area (Å²) in [6.07, 6.45) is 8.34. The van der Waals surface area contributed by atoms with Crippen LogP contribution in [0.15, 0.2) is 0 Å². The SMILES string of the molecule is CCC(CC1CC1)NC1CCC(NC(=O)OC(C)(C)C)C1. The minimum atomic E-state index is -0.419. The van der Waals surface area contributed by atoms with Crippen LogP contribution in [-0.2, 0) is 4.74 Å². The second-order valence-corrected chi connectivity index (χ2v) is 7.80. The van der Waals surface area contributed by atoms with Gasteiger partial charge < -0.3 is 15.4 Å². The minimum Gasteiger partial charge on any atom is -0.444 e. The molecule has 0 aromatic heterocycles. The van der Waals surface area contributed by atoms with Gasteiger partial charge in [0.1, 0.15) is 5.60 Å². The van der Waals surface area contributed by atoms with Crippen LogP contribution in [0.3, 0.4) is 0 Å². The molecule has 0 radical (unpaired) electrons. The van der Waals surface area contributed by atoms with Crippen LogP contribution in [0.4, 0.5) is 4.79 Å². The van der Waals surface area contributed by atoms with E-state index in [0.29, 0.717) is 12.1 Å². The summed E-state index contributed by atoms with van der Waals surface area (Å²) in [4.78, 5) is 11.8. The van der Waals surface area contributed by atoms with E-state index in [4.69, 9.17) is 4.74 Å². The lowest BCUT2D eigenvalue weighted by Gasteiger charge is -2.23. The molecule has 1 amide bonds. The zero-order chi connectivity index (χ0) is 15.5. The fraction of sp³-hybridized carbons (Fsp3) is 0.941. The van der Waals surface area contributed by atoms with Gasteiger partial charge >= 0.3 is 6.09 Å². The number of carbonyl (C=O) groups is 1. The van der Waals surface area contributed by atoms with Crippen LogP contribution < -0.4 is 10.6 Å². The molecule has 122 valence electrons. The van der Waals surface area contributed by atoms with Crippen molar-refractivity contribution in [1.82, 2.24) is 10.6 Å². The van der Waals surface area contributed by atoms with E-state index in [1.54, 1.807) is 0 Å².